The first kappa shape index (κ1) is 19.3. The van der Waals surface area contributed by atoms with E-state index in [1.807, 2.05) is 30.3 Å². The molecule has 0 heterocycles. The molecule has 0 saturated heterocycles. The molecule has 0 radical (unpaired) electrons. The molecule has 0 aliphatic carbocycles. The largest absolute Gasteiger partial charge is 0.507 e. The lowest BCUT2D eigenvalue weighted by molar-refractivity contribution is -0.137. The van der Waals surface area contributed by atoms with Gasteiger partial charge in [-0.25, -0.2) is 4.79 Å². The molecule has 3 rings (SSSR count). The molecule has 0 unspecified atom stereocenters. The van der Waals surface area contributed by atoms with Crippen LogP contribution in [0, 0.1) is 0 Å². The number of ether oxygens (including phenoxy) is 1. The minimum Gasteiger partial charge on any atom is -0.507 e. The van der Waals surface area contributed by atoms with Gasteiger partial charge in [-0.2, -0.15) is 13.2 Å². The molecule has 4 nitrogen and oxygen atoms in total. The van der Waals surface area contributed by atoms with Gasteiger partial charge in [0.25, 0.3) is 0 Å². The van der Waals surface area contributed by atoms with Crippen molar-refractivity contribution in [3.8, 4) is 22.6 Å². The van der Waals surface area contributed by atoms with Gasteiger partial charge in [-0.1, -0.05) is 42.5 Å². The SMILES string of the molecule is O=C(O)c1cc(-c2ccc(C(F)(F)F)cc2)c(OCc2ccccc2)cc1O. The molecule has 28 heavy (non-hydrogen) atoms. The number of aromatic carboxylic acids is 1. The van der Waals surface area contributed by atoms with Crippen molar-refractivity contribution < 1.29 is 32.9 Å². The highest BCUT2D eigenvalue weighted by Crippen LogP contribution is 2.38. The number of phenols is 1. The number of carboxylic acids is 1. The first-order valence-electron chi connectivity index (χ1n) is 8.20. The summed E-state index contributed by atoms with van der Waals surface area (Å²) >= 11 is 0. The smallest absolute Gasteiger partial charge is 0.416 e. The van der Waals surface area contributed by atoms with Crippen LogP contribution in [0.4, 0.5) is 13.2 Å². The molecule has 2 N–H and O–H groups in total. The molecule has 0 amide bonds. The standard InChI is InChI=1S/C21H15F3O4/c22-21(23,24)15-8-6-14(7-9-15)16-10-17(20(26)27)18(25)11-19(16)28-12-13-4-2-1-3-5-13/h1-11,25H,12H2,(H,26,27). The van der Waals surface area contributed by atoms with Crippen LogP contribution in [0.5, 0.6) is 11.5 Å². The Kier molecular flexibility index (Phi) is 5.26. The van der Waals surface area contributed by atoms with E-state index in [4.69, 9.17) is 4.74 Å². The zero-order valence-electron chi connectivity index (χ0n) is 14.4. The maximum Gasteiger partial charge on any atom is 0.416 e. The van der Waals surface area contributed by atoms with Gasteiger partial charge in [0, 0.05) is 11.6 Å². The van der Waals surface area contributed by atoms with Gasteiger partial charge in [0.1, 0.15) is 23.7 Å². The average molecular weight is 388 g/mol. The van der Waals surface area contributed by atoms with E-state index in [-0.39, 0.29) is 23.5 Å². The fraction of sp³-hybridized carbons (Fsp3) is 0.0952. The zero-order chi connectivity index (χ0) is 20.3. The predicted molar refractivity (Wildman–Crippen MR) is 96.3 cm³/mol. The van der Waals surface area contributed by atoms with Gasteiger partial charge in [0.15, 0.2) is 0 Å². The molecular weight excluding hydrogens is 373 g/mol. The van der Waals surface area contributed by atoms with Crippen LogP contribution in [-0.2, 0) is 12.8 Å². The molecule has 0 fully saturated rings. The normalized spacial score (nSPS) is 11.2. The van der Waals surface area contributed by atoms with Crippen LogP contribution in [0.15, 0.2) is 66.7 Å². The van der Waals surface area contributed by atoms with E-state index in [2.05, 4.69) is 0 Å². The summed E-state index contributed by atoms with van der Waals surface area (Å²) in [7, 11) is 0. The summed E-state index contributed by atoms with van der Waals surface area (Å²) in [5, 5.41) is 19.2. The van der Waals surface area contributed by atoms with Crippen molar-refractivity contribution in [1.82, 2.24) is 0 Å². The molecule has 7 heteroatoms. The molecule has 0 aromatic heterocycles. The Morgan fingerprint density at radius 2 is 1.61 bits per heavy atom. The second kappa shape index (κ2) is 7.64. The first-order valence-corrected chi connectivity index (χ1v) is 8.20. The Balaban J connectivity index is 2.01. The first-order chi connectivity index (χ1) is 13.3. The van der Waals surface area contributed by atoms with Crippen LogP contribution in [0.3, 0.4) is 0 Å². The number of hydrogen-bond donors (Lipinski definition) is 2. The number of benzene rings is 3. The monoisotopic (exact) mass is 388 g/mol. The van der Waals surface area contributed by atoms with Crippen molar-refractivity contribution in [1.29, 1.82) is 0 Å². The highest BCUT2D eigenvalue weighted by molar-refractivity contribution is 5.93. The maximum absolute atomic E-state index is 12.8. The Morgan fingerprint density at radius 3 is 2.18 bits per heavy atom. The van der Waals surface area contributed by atoms with E-state index in [1.54, 1.807) is 0 Å². The van der Waals surface area contributed by atoms with Gasteiger partial charge in [0.2, 0.25) is 0 Å². The maximum atomic E-state index is 12.8. The van der Waals surface area contributed by atoms with E-state index in [1.165, 1.54) is 18.2 Å². The van der Waals surface area contributed by atoms with Crippen LogP contribution >= 0.6 is 0 Å². The van der Waals surface area contributed by atoms with Crippen LogP contribution in [0.25, 0.3) is 11.1 Å². The van der Waals surface area contributed by atoms with Crippen LogP contribution in [-0.4, -0.2) is 16.2 Å². The lowest BCUT2D eigenvalue weighted by Crippen LogP contribution is -2.04. The number of carboxylic acid groups (broad SMARTS) is 1. The third-order valence-corrected chi connectivity index (χ3v) is 4.09. The molecule has 0 bridgehead atoms. The van der Waals surface area contributed by atoms with Crippen LogP contribution in [0.1, 0.15) is 21.5 Å². The van der Waals surface area contributed by atoms with Crippen molar-refractivity contribution in [3.05, 3.63) is 83.4 Å². The van der Waals surface area contributed by atoms with Crippen LogP contribution in [0.2, 0.25) is 0 Å². The minimum atomic E-state index is -4.48. The van der Waals surface area contributed by atoms with Gasteiger partial charge in [-0.15, -0.1) is 0 Å². The molecule has 3 aromatic rings. The number of halogens is 3. The van der Waals surface area contributed by atoms with Gasteiger partial charge in [-0.3, -0.25) is 0 Å². The van der Waals surface area contributed by atoms with E-state index in [0.29, 0.717) is 5.56 Å². The highest BCUT2D eigenvalue weighted by atomic mass is 19.4. The van der Waals surface area contributed by atoms with E-state index in [9.17, 15) is 28.2 Å². The van der Waals surface area contributed by atoms with E-state index < -0.39 is 23.5 Å². The lowest BCUT2D eigenvalue weighted by atomic mass is 9.99. The highest BCUT2D eigenvalue weighted by Gasteiger charge is 2.30. The second-order valence-electron chi connectivity index (χ2n) is 6.02. The summed E-state index contributed by atoms with van der Waals surface area (Å²) in [6, 6.07) is 15.7. The summed E-state index contributed by atoms with van der Waals surface area (Å²) in [5.41, 5.74) is 0.239. The Hall–Kier alpha value is -3.48. The Bertz CT molecular complexity index is 981. The minimum absolute atomic E-state index is 0.139. The third-order valence-electron chi connectivity index (χ3n) is 4.09. The summed E-state index contributed by atoms with van der Waals surface area (Å²) in [6.07, 6.45) is -4.48. The number of aromatic hydroxyl groups is 1. The zero-order valence-corrected chi connectivity index (χ0v) is 14.4. The van der Waals surface area contributed by atoms with Crippen molar-refractivity contribution in [3.63, 3.8) is 0 Å². The summed E-state index contributed by atoms with van der Waals surface area (Å²) < 4.78 is 44.1. The number of alkyl halides is 3. The van der Waals surface area contributed by atoms with E-state index >= 15 is 0 Å². The summed E-state index contributed by atoms with van der Waals surface area (Å²) in [4.78, 5) is 11.3. The molecule has 0 saturated carbocycles. The second-order valence-corrected chi connectivity index (χ2v) is 6.02. The molecular formula is C21H15F3O4. The van der Waals surface area contributed by atoms with E-state index in [0.717, 1.165) is 23.8 Å². The van der Waals surface area contributed by atoms with Crippen molar-refractivity contribution >= 4 is 5.97 Å². The predicted octanol–water partition coefficient (Wildman–Crippen LogP) is 5.36. The molecule has 0 atom stereocenters. The summed E-state index contributed by atoms with van der Waals surface area (Å²) in [6.45, 7) is 0.139. The molecule has 0 spiro atoms. The van der Waals surface area contributed by atoms with Gasteiger partial charge >= 0.3 is 12.1 Å². The molecule has 0 aliphatic rings. The lowest BCUT2D eigenvalue weighted by Gasteiger charge is -2.15. The van der Waals surface area contributed by atoms with Crippen molar-refractivity contribution in [2.24, 2.45) is 0 Å². The van der Waals surface area contributed by atoms with Gasteiger partial charge < -0.3 is 14.9 Å². The van der Waals surface area contributed by atoms with Gasteiger partial charge in [0.05, 0.1) is 5.56 Å². The number of rotatable bonds is 5. The molecule has 144 valence electrons. The Morgan fingerprint density at radius 1 is 0.964 bits per heavy atom. The molecule has 3 aromatic carbocycles. The Labute approximate surface area is 158 Å². The van der Waals surface area contributed by atoms with Gasteiger partial charge in [-0.05, 0) is 29.3 Å². The fourth-order valence-electron chi connectivity index (χ4n) is 2.66. The van der Waals surface area contributed by atoms with Crippen molar-refractivity contribution in [2.75, 3.05) is 0 Å². The quantitative estimate of drug-likeness (QED) is 0.618. The average Bonchev–Trinajstić information content (AvgIpc) is 2.66. The summed E-state index contributed by atoms with van der Waals surface area (Å²) in [5.74, 6) is -1.70. The fourth-order valence-corrected chi connectivity index (χ4v) is 2.66. The number of hydrogen-bond acceptors (Lipinski definition) is 3. The third kappa shape index (κ3) is 4.25. The van der Waals surface area contributed by atoms with Crippen molar-refractivity contribution in [2.45, 2.75) is 12.8 Å². The topological polar surface area (TPSA) is 66.8 Å². The van der Waals surface area contributed by atoms with Crippen LogP contribution < -0.4 is 4.74 Å². The molecule has 0 aliphatic heterocycles. The number of carbonyl (C=O) groups is 1.